The van der Waals surface area contributed by atoms with Gasteiger partial charge in [-0.3, -0.25) is 4.40 Å². The molecule has 0 amide bonds. The van der Waals surface area contributed by atoms with Crippen LogP contribution >= 0.6 is 11.8 Å². The van der Waals surface area contributed by atoms with Crippen molar-refractivity contribution in [3.05, 3.63) is 42.3 Å². The molecule has 4 nitrogen and oxygen atoms in total. The van der Waals surface area contributed by atoms with Crippen LogP contribution in [-0.4, -0.2) is 9.38 Å². The summed E-state index contributed by atoms with van der Waals surface area (Å²) in [5.41, 5.74) is 2.66. The van der Waals surface area contributed by atoms with Crippen molar-refractivity contribution in [3.8, 4) is 16.9 Å². The fourth-order valence-electron chi connectivity index (χ4n) is 1.84. The molecule has 0 aromatic carbocycles. The van der Waals surface area contributed by atoms with Crippen LogP contribution in [-0.2, 0) is 0 Å². The average molecular weight is 255 g/mol. The largest absolute Gasteiger partial charge is 0.463 e. The third kappa shape index (κ3) is 1.67. The van der Waals surface area contributed by atoms with Crippen LogP contribution < -0.4 is 0 Å². The number of aryl methyl sites for hydroxylation is 1. The highest BCUT2D eigenvalue weighted by atomic mass is 32.2. The van der Waals surface area contributed by atoms with Gasteiger partial charge in [0.2, 0.25) is 0 Å². The highest BCUT2D eigenvalue weighted by Crippen LogP contribution is 2.31. The lowest BCUT2D eigenvalue weighted by molar-refractivity contribution is 0.579. The Balaban J connectivity index is 2.31. The molecule has 0 aliphatic rings. The van der Waals surface area contributed by atoms with Crippen LogP contribution in [0, 0.1) is 17.6 Å². The molecule has 3 rings (SSSR count). The van der Waals surface area contributed by atoms with Crippen molar-refractivity contribution < 1.29 is 4.42 Å². The predicted molar refractivity (Wildman–Crippen MR) is 69.1 cm³/mol. The molecule has 18 heavy (non-hydrogen) atoms. The fraction of sp³-hybridized carbons (Fsp3) is 0.0769. The van der Waals surface area contributed by atoms with Gasteiger partial charge in [0.25, 0.3) is 0 Å². The number of rotatable bonds is 2. The molecular weight excluding hydrogens is 246 g/mol. The first-order valence-electron chi connectivity index (χ1n) is 5.38. The lowest BCUT2D eigenvalue weighted by Crippen LogP contribution is -1.86. The summed E-state index contributed by atoms with van der Waals surface area (Å²) in [6.07, 6.45) is 3.52. The van der Waals surface area contributed by atoms with E-state index in [2.05, 4.69) is 10.4 Å². The Bertz CT molecular complexity index is 738. The Morgan fingerprint density at radius 3 is 3.06 bits per heavy atom. The average Bonchev–Trinajstić information content (AvgIpc) is 2.97. The molecule has 3 aromatic rings. The van der Waals surface area contributed by atoms with Gasteiger partial charge in [-0.05, 0) is 36.8 Å². The molecule has 0 bridgehead atoms. The zero-order valence-electron chi connectivity index (χ0n) is 9.62. The number of furan rings is 1. The molecule has 0 unspecified atom stereocenters. The van der Waals surface area contributed by atoms with Gasteiger partial charge in [0.15, 0.2) is 5.76 Å². The molecule has 0 N–H and O–H groups in total. The van der Waals surface area contributed by atoms with Crippen LogP contribution in [0.15, 0.2) is 46.2 Å². The van der Waals surface area contributed by atoms with E-state index in [1.165, 1.54) is 0 Å². The van der Waals surface area contributed by atoms with E-state index in [4.69, 9.17) is 9.68 Å². The molecule has 0 fully saturated rings. The molecule has 3 aromatic heterocycles. The summed E-state index contributed by atoms with van der Waals surface area (Å²) in [7, 11) is 0. The van der Waals surface area contributed by atoms with Crippen LogP contribution in [0.5, 0.6) is 0 Å². The van der Waals surface area contributed by atoms with Gasteiger partial charge in [-0.15, -0.1) is 0 Å². The lowest BCUT2D eigenvalue weighted by Gasteiger charge is -1.98. The highest BCUT2D eigenvalue weighted by molar-refractivity contribution is 8.03. The summed E-state index contributed by atoms with van der Waals surface area (Å²) >= 11 is 1.09. The van der Waals surface area contributed by atoms with E-state index in [0.29, 0.717) is 11.5 Å². The summed E-state index contributed by atoms with van der Waals surface area (Å²) in [4.78, 5) is 4.53. The predicted octanol–water partition coefficient (Wildman–Crippen LogP) is 3.48. The minimum Gasteiger partial charge on any atom is -0.463 e. The number of aromatic nitrogens is 2. The van der Waals surface area contributed by atoms with E-state index in [1.54, 1.807) is 6.26 Å². The molecule has 0 atom stereocenters. The zero-order chi connectivity index (χ0) is 12.5. The van der Waals surface area contributed by atoms with Crippen LogP contribution in [0.3, 0.4) is 0 Å². The number of pyridine rings is 1. The van der Waals surface area contributed by atoms with Gasteiger partial charge < -0.3 is 4.42 Å². The molecular formula is C13H9N3OS. The summed E-state index contributed by atoms with van der Waals surface area (Å²) in [6, 6.07) is 7.62. The summed E-state index contributed by atoms with van der Waals surface area (Å²) in [5.74, 6) is 0.675. The van der Waals surface area contributed by atoms with Gasteiger partial charge in [0, 0.05) is 18.0 Å². The molecule has 0 spiro atoms. The summed E-state index contributed by atoms with van der Waals surface area (Å²) in [6.45, 7) is 2.01. The van der Waals surface area contributed by atoms with Crippen molar-refractivity contribution in [2.45, 2.75) is 11.9 Å². The smallest absolute Gasteiger partial charge is 0.155 e. The third-order valence-corrected chi connectivity index (χ3v) is 3.31. The summed E-state index contributed by atoms with van der Waals surface area (Å²) in [5, 5.41) is 11.8. The van der Waals surface area contributed by atoms with Crippen molar-refractivity contribution in [2.75, 3.05) is 0 Å². The van der Waals surface area contributed by atoms with E-state index in [9.17, 15) is 0 Å². The van der Waals surface area contributed by atoms with E-state index < -0.39 is 0 Å². The maximum absolute atomic E-state index is 8.92. The van der Waals surface area contributed by atoms with Crippen molar-refractivity contribution in [2.24, 2.45) is 0 Å². The number of fused-ring (bicyclic) bond motifs is 1. The van der Waals surface area contributed by atoms with E-state index in [-0.39, 0.29) is 0 Å². The molecule has 5 heteroatoms. The van der Waals surface area contributed by atoms with Crippen LogP contribution in [0.1, 0.15) is 5.56 Å². The molecule has 0 saturated carbocycles. The molecule has 0 radical (unpaired) electrons. The third-order valence-electron chi connectivity index (χ3n) is 2.63. The van der Waals surface area contributed by atoms with Crippen molar-refractivity contribution >= 4 is 17.4 Å². The number of nitrogens with zero attached hydrogens (tertiary/aromatic N) is 3. The SMILES string of the molecule is Cc1ccn2c(SC#N)c(-c3ccco3)nc2c1. The van der Waals surface area contributed by atoms with E-state index >= 15 is 0 Å². The normalized spacial score (nSPS) is 10.7. The molecule has 0 saturated heterocycles. The Labute approximate surface area is 108 Å². The first kappa shape index (κ1) is 10.9. The number of nitriles is 1. The molecule has 3 heterocycles. The second kappa shape index (κ2) is 4.24. The Morgan fingerprint density at radius 2 is 2.33 bits per heavy atom. The number of hydrogen-bond acceptors (Lipinski definition) is 4. The monoisotopic (exact) mass is 255 g/mol. The second-order valence-electron chi connectivity index (χ2n) is 3.87. The molecule has 88 valence electrons. The van der Waals surface area contributed by atoms with Gasteiger partial charge in [-0.25, -0.2) is 4.98 Å². The standard InChI is InChI=1S/C13H9N3OS/c1-9-4-5-16-11(7-9)15-12(13(16)18-8-14)10-3-2-6-17-10/h2-7H,1H3. The number of thioether (sulfide) groups is 1. The maximum Gasteiger partial charge on any atom is 0.155 e. The van der Waals surface area contributed by atoms with Crippen LogP contribution in [0.4, 0.5) is 0 Å². The Kier molecular flexibility index (Phi) is 2.58. The Hall–Kier alpha value is -2.19. The number of thiocyanates is 1. The van der Waals surface area contributed by atoms with Gasteiger partial charge >= 0.3 is 0 Å². The van der Waals surface area contributed by atoms with E-state index in [1.807, 2.05) is 41.8 Å². The van der Waals surface area contributed by atoms with Gasteiger partial charge in [0.1, 0.15) is 21.8 Å². The second-order valence-corrected chi connectivity index (χ2v) is 4.64. The van der Waals surface area contributed by atoms with Gasteiger partial charge in [0.05, 0.1) is 6.26 Å². The lowest BCUT2D eigenvalue weighted by atomic mass is 10.3. The quantitative estimate of drug-likeness (QED) is 0.519. The fourth-order valence-corrected chi connectivity index (χ4v) is 2.42. The van der Waals surface area contributed by atoms with Crippen LogP contribution in [0.25, 0.3) is 17.1 Å². The van der Waals surface area contributed by atoms with Crippen molar-refractivity contribution in [1.29, 1.82) is 5.26 Å². The van der Waals surface area contributed by atoms with E-state index in [0.717, 1.165) is 28.0 Å². The zero-order valence-corrected chi connectivity index (χ0v) is 10.4. The first-order chi connectivity index (χ1) is 8.79. The maximum atomic E-state index is 8.92. The van der Waals surface area contributed by atoms with Crippen LogP contribution in [0.2, 0.25) is 0 Å². The van der Waals surface area contributed by atoms with Gasteiger partial charge in [-0.2, -0.15) is 5.26 Å². The molecule has 0 aliphatic heterocycles. The minimum absolute atomic E-state index is 0.675. The highest BCUT2D eigenvalue weighted by Gasteiger charge is 2.16. The van der Waals surface area contributed by atoms with Gasteiger partial charge in [-0.1, -0.05) is 0 Å². The topological polar surface area (TPSA) is 54.2 Å². The first-order valence-corrected chi connectivity index (χ1v) is 6.20. The number of imidazole rings is 1. The summed E-state index contributed by atoms with van der Waals surface area (Å²) < 4.78 is 7.27. The molecule has 0 aliphatic carbocycles. The van der Waals surface area contributed by atoms with Crippen molar-refractivity contribution in [3.63, 3.8) is 0 Å². The Morgan fingerprint density at radius 1 is 1.44 bits per heavy atom. The van der Waals surface area contributed by atoms with Crippen molar-refractivity contribution in [1.82, 2.24) is 9.38 Å². The minimum atomic E-state index is 0.675. The number of hydrogen-bond donors (Lipinski definition) is 0.